The van der Waals surface area contributed by atoms with Gasteiger partial charge in [-0.2, -0.15) is 5.21 Å². The van der Waals surface area contributed by atoms with E-state index in [-0.39, 0.29) is 35.5 Å². The summed E-state index contributed by atoms with van der Waals surface area (Å²) in [6, 6.07) is 5.89. The van der Waals surface area contributed by atoms with Crippen LogP contribution < -0.4 is 10.6 Å². The number of H-pyrrole nitrogens is 1. The quantitative estimate of drug-likeness (QED) is 0.274. The third-order valence-electron chi connectivity index (χ3n) is 10.3. The van der Waals surface area contributed by atoms with Crippen molar-refractivity contribution in [3.05, 3.63) is 41.2 Å². The highest BCUT2D eigenvalue weighted by atomic mass is 16.2. The van der Waals surface area contributed by atoms with Gasteiger partial charge >= 0.3 is 0 Å². The van der Waals surface area contributed by atoms with Gasteiger partial charge in [0.2, 0.25) is 17.7 Å². The number of likely N-dealkylation sites (N-methyl/N-ethyl adjacent to an activating group) is 1. The highest BCUT2D eigenvalue weighted by Crippen LogP contribution is 2.33. The van der Waals surface area contributed by atoms with Gasteiger partial charge in [-0.15, -0.1) is 10.2 Å². The van der Waals surface area contributed by atoms with Gasteiger partial charge in [0.05, 0.1) is 6.04 Å². The van der Waals surface area contributed by atoms with Crippen LogP contribution in [0.5, 0.6) is 0 Å². The molecule has 2 aromatic rings. The molecular weight excluding hydrogens is 610 g/mol. The Morgan fingerprint density at radius 3 is 2.50 bits per heavy atom. The van der Waals surface area contributed by atoms with E-state index in [1.165, 1.54) is 0 Å². The average molecular weight is 664 g/mol. The number of aryl methyl sites for hydroxylation is 2. The van der Waals surface area contributed by atoms with Crippen molar-refractivity contribution in [3.8, 4) is 0 Å². The lowest BCUT2D eigenvalue weighted by Gasteiger charge is -2.36. The summed E-state index contributed by atoms with van der Waals surface area (Å²) in [4.78, 5) is 61.2. The van der Waals surface area contributed by atoms with E-state index >= 15 is 0 Å². The number of aromatic amines is 1. The number of carbonyl (C=O) groups is 4. The molecule has 48 heavy (non-hydrogen) atoms. The van der Waals surface area contributed by atoms with Crippen LogP contribution in [0.15, 0.2) is 24.3 Å². The van der Waals surface area contributed by atoms with Crippen molar-refractivity contribution in [1.82, 2.24) is 46.0 Å². The second-order valence-electron chi connectivity index (χ2n) is 14.2. The fourth-order valence-electron chi connectivity index (χ4n) is 7.27. The van der Waals surface area contributed by atoms with E-state index in [9.17, 15) is 19.2 Å². The van der Waals surface area contributed by atoms with Gasteiger partial charge < -0.3 is 25.3 Å². The SMILES string of the molecule is Cc1ccc(CC(NC(=O)CCN2CCN(C)CC2)C(=O)NC2CCCCC3CCC(C(=O)CC(C)CCc4nn[nH]n4)N3C2=O)cc1. The van der Waals surface area contributed by atoms with Gasteiger partial charge in [0.1, 0.15) is 12.1 Å². The smallest absolute Gasteiger partial charge is 0.246 e. The summed E-state index contributed by atoms with van der Waals surface area (Å²) in [5.74, 6) is 0.0818. The van der Waals surface area contributed by atoms with Gasteiger partial charge in [-0.1, -0.05) is 54.8 Å². The summed E-state index contributed by atoms with van der Waals surface area (Å²) in [6.07, 6.45) is 6.92. The van der Waals surface area contributed by atoms with E-state index in [1.54, 1.807) is 4.90 Å². The molecular formula is C35H53N9O4. The molecule has 0 spiro atoms. The standard InChI is InChI=1S/C35H53N9O4/c1-24-8-11-26(12-9-24)23-29(36-33(46)16-17-43-20-18-42(3)19-21-43)34(47)37-28-7-5-4-6-27-13-14-30(44(27)35(28)48)31(45)22-25(2)10-15-32-38-40-41-39-32/h8-9,11-12,25,27-30H,4-7,10,13-23H2,1-3H3,(H,36,46)(H,37,47)(H,38,39,40,41). The van der Waals surface area contributed by atoms with Gasteiger partial charge in [-0.05, 0) is 57.6 Å². The zero-order valence-electron chi connectivity index (χ0n) is 28.8. The van der Waals surface area contributed by atoms with Crippen LogP contribution in [0, 0.1) is 12.8 Å². The van der Waals surface area contributed by atoms with Crippen LogP contribution >= 0.6 is 0 Å². The summed E-state index contributed by atoms with van der Waals surface area (Å²) in [7, 11) is 2.10. The Bertz CT molecular complexity index is 1360. The molecule has 262 valence electrons. The number of ketones is 1. The van der Waals surface area contributed by atoms with Crippen LogP contribution in [-0.2, 0) is 32.0 Å². The minimum absolute atomic E-state index is 0.00146. The van der Waals surface area contributed by atoms with E-state index in [0.717, 1.165) is 69.4 Å². The first kappa shape index (κ1) is 35.6. The zero-order chi connectivity index (χ0) is 34.0. The summed E-state index contributed by atoms with van der Waals surface area (Å²) in [6.45, 7) is 8.47. The number of Topliss-reactive ketones (excluding diaryl/α,β-unsaturated/α-hetero) is 1. The predicted octanol–water partition coefficient (Wildman–Crippen LogP) is 1.82. The molecule has 3 N–H and O–H groups in total. The Hall–Kier alpha value is -3.71. The molecule has 3 fully saturated rings. The van der Waals surface area contributed by atoms with Crippen molar-refractivity contribution < 1.29 is 19.2 Å². The lowest BCUT2D eigenvalue weighted by atomic mass is 9.94. The van der Waals surface area contributed by atoms with E-state index in [0.29, 0.717) is 50.9 Å². The molecule has 13 heteroatoms. The monoisotopic (exact) mass is 663 g/mol. The van der Waals surface area contributed by atoms with E-state index in [4.69, 9.17) is 0 Å². The Morgan fingerprint density at radius 2 is 1.77 bits per heavy atom. The highest BCUT2D eigenvalue weighted by molar-refractivity contribution is 5.95. The number of nitrogens with one attached hydrogen (secondary N) is 3. The topological polar surface area (TPSA) is 157 Å². The normalized spacial score (nSPS) is 23.5. The van der Waals surface area contributed by atoms with Gasteiger partial charge in [0.15, 0.2) is 11.6 Å². The molecule has 0 aliphatic carbocycles. The molecule has 13 nitrogen and oxygen atoms in total. The fourth-order valence-corrected chi connectivity index (χ4v) is 7.27. The number of piperazine rings is 1. The van der Waals surface area contributed by atoms with E-state index in [2.05, 4.69) is 48.1 Å². The maximum Gasteiger partial charge on any atom is 0.246 e. The van der Waals surface area contributed by atoms with Gasteiger partial charge in [0, 0.05) is 64.4 Å². The summed E-state index contributed by atoms with van der Waals surface area (Å²) in [5.41, 5.74) is 2.05. The summed E-state index contributed by atoms with van der Waals surface area (Å²) in [5, 5.41) is 20.1. The molecule has 1 aromatic heterocycles. The average Bonchev–Trinajstić information content (AvgIpc) is 3.75. The van der Waals surface area contributed by atoms with Gasteiger partial charge in [-0.25, -0.2) is 0 Å². The number of hydrogen-bond donors (Lipinski definition) is 3. The second-order valence-corrected chi connectivity index (χ2v) is 14.2. The minimum atomic E-state index is -0.821. The zero-order valence-corrected chi connectivity index (χ0v) is 28.8. The number of amides is 3. The third-order valence-corrected chi connectivity index (χ3v) is 10.3. The maximum atomic E-state index is 14.2. The molecule has 5 rings (SSSR count). The molecule has 5 unspecified atom stereocenters. The van der Waals surface area contributed by atoms with Crippen LogP contribution in [0.4, 0.5) is 0 Å². The lowest BCUT2D eigenvalue weighted by molar-refractivity contribution is -0.144. The van der Waals surface area contributed by atoms with Crippen LogP contribution in [0.25, 0.3) is 0 Å². The number of hydrogen-bond acceptors (Lipinski definition) is 9. The molecule has 5 atom stereocenters. The van der Waals surface area contributed by atoms with Crippen molar-refractivity contribution >= 4 is 23.5 Å². The van der Waals surface area contributed by atoms with E-state index < -0.39 is 18.1 Å². The summed E-state index contributed by atoms with van der Waals surface area (Å²) >= 11 is 0. The van der Waals surface area contributed by atoms with Crippen molar-refractivity contribution in [2.45, 2.75) is 109 Å². The largest absolute Gasteiger partial charge is 0.344 e. The maximum absolute atomic E-state index is 14.2. The molecule has 1 aromatic carbocycles. The highest BCUT2D eigenvalue weighted by Gasteiger charge is 2.44. The third kappa shape index (κ3) is 9.91. The van der Waals surface area contributed by atoms with Crippen LogP contribution in [-0.4, -0.2) is 123 Å². The number of aromatic nitrogens is 4. The van der Waals surface area contributed by atoms with Crippen LogP contribution in [0.3, 0.4) is 0 Å². The predicted molar refractivity (Wildman–Crippen MR) is 181 cm³/mol. The molecule has 0 saturated carbocycles. The Kier molecular flexibility index (Phi) is 12.7. The van der Waals surface area contributed by atoms with Gasteiger partial charge in [0.25, 0.3) is 0 Å². The first-order valence-corrected chi connectivity index (χ1v) is 17.8. The number of benzene rings is 1. The second kappa shape index (κ2) is 17.1. The molecule has 4 heterocycles. The molecule has 0 radical (unpaired) electrons. The Morgan fingerprint density at radius 1 is 1.02 bits per heavy atom. The molecule has 3 saturated heterocycles. The Labute approximate surface area is 283 Å². The van der Waals surface area contributed by atoms with Crippen LogP contribution in [0.1, 0.15) is 81.7 Å². The van der Waals surface area contributed by atoms with Crippen molar-refractivity contribution in [2.24, 2.45) is 5.92 Å². The molecule has 3 aliphatic rings. The first-order valence-electron chi connectivity index (χ1n) is 17.8. The molecule has 3 amide bonds. The number of fused-ring (bicyclic) bond motifs is 1. The number of rotatable bonds is 14. The van der Waals surface area contributed by atoms with E-state index in [1.807, 2.05) is 38.1 Å². The van der Waals surface area contributed by atoms with Crippen molar-refractivity contribution in [3.63, 3.8) is 0 Å². The lowest BCUT2D eigenvalue weighted by Crippen LogP contribution is -2.58. The number of tetrazole rings is 1. The number of nitrogens with zero attached hydrogens (tertiary/aromatic N) is 6. The van der Waals surface area contributed by atoms with Crippen LogP contribution in [0.2, 0.25) is 0 Å². The molecule has 0 bridgehead atoms. The fraction of sp³-hybridized carbons (Fsp3) is 0.686. The Balaban J connectivity index is 1.23. The summed E-state index contributed by atoms with van der Waals surface area (Å²) < 4.78 is 0. The number of carbonyl (C=O) groups excluding carboxylic acids is 4. The first-order chi connectivity index (χ1) is 23.2. The minimum Gasteiger partial charge on any atom is -0.344 e. The molecule has 3 aliphatic heterocycles. The van der Waals surface area contributed by atoms with Crippen molar-refractivity contribution in [1.29, 1.82) is 0 Å². The van der Waals surface area contributed by atoms with Gasteiger partial charge in [-0.3, -0.25) is 19.2 Å². The van der Waals surface area contributed by atoms with Crippen molar-refractivity contribution in [2.75, 3.05) is 39.8 Å².